The Hall–Kier alpha value is -3.69. The molecular weight excluding hydrogens is 637 g/mol. The molecule has 0 heterocycles. The number of carbonyl (C=O) groups excluding carboxylic acids is 2. The van der Waals surface area contributed by atoms with Gasteiger partial charge in [0.05, 0.1) is 30.6 Å². The fourth-order valence-electron chi connectivity index (χ4n) is 6.77. The summed E-state index contributed by atoms with van der Waals surface area (Å²) in [7, 11) is -9.03. The number of anilines is 1. The Bertz CT molecular complexity index is 1530. The minimum Gasteiger partial charge on any atom is -0.496 e. The SMILES string of the molecule is COc1cc(F)c(O[C@H]2CC[C@@H](C(=O)O)CC2)cc1C(=O)N[C@@H]1[C@H]2CC[C@H](C2)[C@@H]1C(=O)Nc1cc(F)cc(S(F)(F)(F)(F)F)c1. The van der Waals surface area contributed by atoms with Crippen LogP contribution in [-0.2, 0) is 9.59 Å². The van der Waals surface area contributed by atoms with E-state index >= 15 is 0 Å². The number of amides is 2. The van der Waals surface area contributed by atoms with Gasteiger partial charge in [-0.05, 0) is 81.0 Å². The number of methoxy groups -OCH3 is 1. The van der Waals surface area contributed by atoms with Crippen LogP contribution in [0, 0.1) is 35.3 Å². The van der Waals surface area contributed by atoms with Gasteiger partial charge < -0.3 is 25.2 Å². The Balaban J connectivity index is 1.34. The van der Waals surface area contributed by atoms with Gasteiger partial charge in [0.2, 0.25) is 5.91 Å². The molecule has 3 N–H and O–H groups in total. The molecule has 8 nitrogen and oxygen atoms in total. The van der Waals surface area contributed by atoms with Crippen LogP contribution < -0.4 is 20.1 Å². The molecule has 45 heavy (non-hydrogen) atoms. The van der Waals surface area contributed by atoms with Crippen LogP contribution in [0.15, 0.2) is 35.2 Å². The lowest BCUT2D eigenvalue weighted by Gasteiger charge is -2.40. The Labute approximate surface area is 253 Å². The number of carbonyl (C=O) groups is 3. The summed E-state index contributed by atoms with van der Waals surface area (Å²) in [6, 6.07) is 1.40. The highest BCUT2D eigenvalue weighted by Gasteiger charge is 2.65. The van der Waals surface area contributed by atoms with Gasteiger partial charge in [-0.15, -0.1) is 0 Å². The van der Waals surface area contributed by atoms with E-state index in [1.165, 1.54) is 7.11 Å². The van der Waals surface area contributed by atoms with Crippen molar-refractivity contribution in [2.75, 3.05) is 12.4 Å². The fraction of sp³-hybridized carbons (Fsp3) is 0.483. The van der Waals surface area contributed by atoms with Crippen LogP contribution in [0.3, 0.4) is 0 Å². The van der Waals surface area contributed by atoms with Crippen LogP contribution in [0.1, 0.15) is 55.3 Å². The molecule has 5 rings (SSSR count). The van der Waals surface area contributed by atoms with Gasteiger partial charge >= 0.3 is 16.2 Å². The molecule has 0 aromatic heterocycles. The average Bonchev–Trinajstić information content (AvgIpc) is 3.54. The van der Waals surface area contributed by atoms with Gasteiger partial charge in [0.25, 0.3) is 5.91 Å². The van der Waals surface area contributed by atoms with Crippen LogP contribution in [0.4, 0.5) is 33.9 Å². The molecule has 3 fully saturated rings. The molecule has 3 saturated carbocycles. The van der Waals surface area contributed by atoms with Crippen LogP contribution in [0.2, 0.25) is 0 Å². The summed E-state index contributed by atoms with van der Waals surface area (Å²) in [5.74, 6) is -7.37. The zero-order chi connectivity index (χ0) is 33.0. The van der Waals surface area contributed by atoms with Crippen LogP contribution in [0.25, 0.3) is 0 Å². The number of ether oxygens (including phenoxy) is 2. The first kappa shape index (κ1) is 32.7. The van der Waals surface area contributed by atoms with Crippen molar-refractivity contribution in [3.05, 3.63) is 47.5 Å². The predicted octanol–water partition coefficient (Wildman–Crippen LogP) is 7.44. The van der Waals surface area contributed by atoms with Crippen LogP contribution in [-0.4, -0.2) is 42.1 Å². The van der Waals surface area contributed by atoms with E-state index in [9.17, 15) is 47.7 Å². The van der Waals surface area contributed by atoms with Crippen molar-refractivity contribution >= 4 is 33.7 Å². The van der Waals surface area contributed by atoms with E-state index in [0.29, 0.717) is 51.0 Å². The number of hydrogen-bond donors (Lipinski definition) is 3. The average molecular weight is 669 g/mol. The number of fused-ring (bicyclic) bond motifs is 2. The van der Waals surface area contributed by atoms with Gasteiger partial charge in [0, 0.05) is 17.8 Å². The second-order valence-electron chi connectivity index (χ2n) is 11.9. The molecule has 0 saturated heterocycles. The smallest absolute Gasteiger partial charge is 0.310 e. The van der Waals surface area contributed by atoms with Crippen molar-refractivity contribution in [1.29, 1.82) is 0 Å². The highest BCUT2D eigenvalue weighted by molar-refractivity contribution is 8.45. The van der Waals surface area contributed by atoms with Gasteiger partial charge in [-0.25, -0.2) is 8.78 Å². The number of hydrogen-bond acceptors (Lipinski definition) is 5. The summed E-state index contributed by atoms with van der Waals surface area (Å²) in [6.45, 7) is 0. The maximum absolute atomic E-state index is 14.9. The quantitative estimate of drug-likeness (QED) is 0.240. The molecule has 3 aliphatic carbocycles. The molecule has 4 atom stereocenters. The molecule has 0 radical (unpaired) electrons. The first-order valence-electron chi connectivity index (χ1n) is 14.3. The van der Waals surface area contributed by atoms with E-state index in [4.69, 9.17) is 9.47 Å². The Kier molecular flexibility index (Phi) is 7.98. The molecule has 3 aliphatic rings. The van der Waals surface area contributed by atoms with Gasteiger partial charge in [-0.1, -0.05) is 19.4 Å². The lowest BCUT2D eigenvalue weighted by atomic mass is 9.83. The standard InChI is InChI=1S/C29H31F7N2O6S/c1-43-23-13-22(31)24(44-19-6-4-14(5-7-19)29(41)42)12-21(23)27(39)38-26-16-3-2-15(8-16)25(26)28(40)37-18-9-17(30)10-20(11-18)45(32,33,34,35)36/h9-16,19,25-26H,2-8H2,1H3,(H,37,40)(H,38,39)(H,41,42)/t14-,15-,16+,19+,25+,26-/m1/s1. The van der Waals surface area contributed by atoms with Gasteiger partial charge in [0.15, 0.2) is 11.6 Å². The van der Waals surface area contributed by atoms with E-state index in [1.54, 1.807) is 0 Å². The summed E-state index contributed by atoms with van der Waals surface area (Å²) >= 11 is 0. The van der Waals surface area contributed by atoms with E-state index in [0.717, 1.165) is 12.1 Å². The molecular formula is C29H31F7N2O6S. The Morgan fingerprint density at radius 1 is 0.867 bits per heavy atom. The lowest BCUT2D eigenvalue weighted by Crippen LogP contribution is -2.48. The van der Waals surface area contributed by atoms with Crippen LogP contribution >= 0.6 is 10.2 Å². The number of aliphatic carboxylic acids is 1. The summed E-state index contributed by atoms with van der Waals surface area (Å²) < 4.78 is 106. The van der Waals surface area contributed by atoms with Gasteiger partial charge in [0.1, 0.15) is 16.5 Å². The molecule has 248 valence electrons. The van der Waals surface area contributed by atoms with Crippen molar-refractivity contribution in [2.45, 2.75) is 62.0 Å². The third-order valence-corrected chi connectivity index (χ3v) is 10.0. The summed E-state index contributed by atoms with van der Waals surface area (Å²) in [5.41, 5.74) is -0.934. The Morgan fingerprint density at radius 3 is 2.16 bits per heavy atom. The van der Waals surface area contributed by atoms with E-state index < -0.39 is 74.2 Å². The number of carboxylic acid groups (broad SMARTS) is 1. The van der Waals surface area contributed by atoms with E-state index in [2.05, 4.69) is 10.6 Å². The maximum atomic E-state index is 14.9. The lowest BCUT2D eigenvalue weighted by molar-refractivity contribution is -0.143. The molecule has 2 aromatic carbocycles. The number of benzene rings is 2. The number of carboxylic acids is 1. The fourth-order valence-corrected chi connectivity index (χ4v) is 7.45. The third kappa shape index (κ3) is 7.10. The molecule has 2 amide bonds. The molecule has 2 bridgehead atoms. The first-order valence-corrected chi connectivity index (χ1v) is 16.2. The van der Waals surface area contributed by atoms with E-state index in [1.807, 2.05) is 0 Å². The predicted molar refractivity (Wildman–Crippen MR) is 149 cm³/mol. The van der Waals surface area contributed by atoms with Crippen molar-refractivity contribution in [3.63, 3.8) is 0 Å². The van der Waals surface area contributed by atoms with E-state index in [-0.39, 0.29) is 41.0 Å². The molecule has 2 aromatic rings. The zero-order valence-electron chi connectivity index (χ0n) is 23.8. The second kappa shape index (κ2) is 11.0. The highest BCUT2D eigenvalue weighted by atomic mass is 32.5. The molecule has 0 aliphatic heterocycles. The summed E-state index contributed by atoms with van der Waals surface area (Å²) in [5, 5.41) is 14.1. The molecule has 0 spiro atoms. The minimum absolute atomic E-state index is 0.0254. The topological polar surface area (TPSA) is 114 Å². The van der Waals surface area contributed by atoms with Crippen molar-refractivity contribution < 1.29 is 57.2 Å². The largest absolute Gasteiger partial charge is 0.496 e. The summed E-state index contributed by atoms with van der Waals surface area (Å²) in [4.78, 5) is 35.5. The van der Waals surface area contributed by atoms with Crippen molar-refractivity contribution in [3.8, 4) is 11.5 Å². The number of nitrogens with one attached hydrogen (secondary N) is 2. The zero-order valence-corrected chi connectivity index (χ0v) is 24.7. The molecule has 16 heteroatoms. The number of rotatable bonds is 9. The second-order valence-corrected chi connectivity index (χ2v) is 14.3. The normalized spacial score (nSPS) is 27.6. The number of halogens is 7. The van der Waals surface area contributed by atoms with Crippen molar-refractivity contribution in [1.82, 2.24) is 5.32 Å². The minimum atomic E-state index is -10.2. The van der Waals surface area contributed by atoms with Crippen molar-refractivity contribution in [2.24, 2.45) is 23.7 Å². The highest BCUT2D eigenvalue weighted by Crippen LogP contribution is 3.02. The summed E-state index contributed by atoms with van der Waals surface area (Å²) in [6.07, 6.45) is 2.61. The van der Waals surface area contributed by atoms with Crippen LogP contribution in [0.5, 0.6) is 11.5 Å². The maximum Gasteiger partial charge on any atom is 0.310 e. The Morgan fingerprint density at radius 2 is 1.53 bits per heavy atom. The monoisotopic (exact) mass is 668 g/mol. The first-order chi connectivity index (χ1) is 20.8. The van der Waals surface area contributed by atoms with Gasteiger partial charge in [-0.2, -0.15) is 0 Å². The molecule has 0 unspecified atom stereocenters. The van der Waals surface area contributed by atoms with Gasteiger partial charge in [-0.3, -0.25) is 14.4 Å². The third-order valence-electron chi connectivity index (χ3n) is 8.92.